The second-order valence-electron chi connectivity index (χ2n) is 9.47. The molecule has 1 fully saturated rings. The zero-order valence-electron chi connectivity index (χ0n) is 20.1. The Morgan fingerprint density at radius 3 is 2.60 bits per heavy atom. The molecule has 6 rings (SSSR count). The van der Waals surface area contributed by atoms with Crippen LogP contribution in [-0.2, 0) is 0 Å². The first-order valence-corrected chi connectivity index (χ1v) is 12.2. The second-order valence-corrected chi connectivity index (χ2v) is 9.47. The molecular formula is C27H28N4O4. The van der Waals surface area contributed by atoms with Gasteiger partial charge in [-0.25, -0.2) is 9.67 Å². The van der Waals surface area contributed by atoms with Gasteiger partial charge in [-0.15, -0.1) is 0 Å². The van der Waals surface area contributed by atoms with E-state index in [4.69, 9.17) is 18.9 Å². The van der Waals surface area contributed by atoms with Crippen molar-refractivity contribution in [3.05, 3.63) is 60.2 Å². The van der Waals surface area contributed by atoms with E-state index in [0.29, 0.717) is 35.9 Å². The fraction of sp³-hybridized carbons (Fsp3) is 0.370. The van der Waals surface area contributed by atoms with Crippen LogP contribution >= 0.6 is 0 Å². The lowest BCUT2D eigenvalue weighted by atomic mass is 10.0. The van der Waals surface area contributed by atoms with Crippen molar-refractivity contribution in [1.82, 2.24) is 19.7 Å². The van der Waals surface area contributed by atoms with Crippen LogP contribution in [0.2, 0.25) is 0 Å². The highest BCUT2D eigenvalue weighted by Gasteiger charge is 2.38. The third-order valence-electron chi connectivity index (χ3n) is 6.67. The maximum atomic E-state index is 14.1. The molecule has 1 atom stereocenters. The Morgan fingerprint density at radius 2 is 1.89 bits per heavy atom. The zero-order chi connectivity index (χ0) is 24.1. The Hall–Kier alpha value is -3.81. The van der Waals surface area contributed by atoms with Crippen molar-refractivity contribution in [1.29, 1.82) is 0 Å². The quantitative estimate of drug-likeness (QED) is 0.373. The van der Waals surface area contributed by atoms with Crippen LogP contribution in [0.5, 0.6) is 11.5 Å². The minimum atomic E-state index is -0.175. The Kier molecular flexibility index (Phi) is 5.24. The lowest BCUT2D eigenvalue weighted by Crippen LogP contribution is -2.35. The largest absolute Gasteiger partial charge is 0.486 e. The Labute approximate surface area is 203 Å². The number of rotatable bonds is 6. The number of hydrogen-bond acceptors (Lipinski definition) is 6. The third kappa shape index (κ3) is 3.83. The number of carbonyl (C=O) groups is 1. The SMILES string of the molecule is CC(c1ccco1)N(C(=O)c1cc(-c2ccc3c(c2)OCCO3)nc2c1cnn2C(C)C)C1CC1. The predicted octanol–water partition coefficient (Wildman–Crippen LogP) is 5.41. The van der Waals surface area contributed by atoms with Crippen LogP contribution < -0.4 is 9.47 Å². The highest BCUT2D eigenvalue weighted by atomic mass is 16.6. The van der Waals surface area contributed by atoms with Crippen LogP contribution in [0.3, 0.4) is 0 Å². The van der Waals surface area contributed by atoms with Gasteiger partial charge in [0.05, 0.1) is 35.1 Å². The van der Waals surface area contributed by atoms with Crippen molar-refractivity contribution in [3.63, 3.8) is 0 Å². The molecule has 180 valence electrons. The van der Waals surface area contributed by atoms with Crippen LogP contribution in [0, 0.1) is 0 Å². The van der Waals surface area contributed by atoms with Gasteiger partial charge in [-0.2, -0.15) is 5.10 Å². The van der Waals surface area contributed by atoms with Gasteiger partial charge in [0.2, 0.25) is 0 Å². The summed E-state index contributed by atoms with van der Waals surface area (Å²) >= 11 is 0. The molecule has 1 aliphatic carbocycles. The first-order chi connectivity index (χ1) is 17.0. The maximum absolute atomic E-state index is 14.1. The molecule has 0 N–H and O–H groups in total. The fourth-order valence-electron chi connectivity index (χ4n) is 4.74. The first-order valence-electron chi connectivity index (χ1n) is 12.2. The van der Waals surface area contributed by atoms with Gasteiger partial charge in [0.25, 0.3) is 5.91 Å². The van der Waals surface area contributed by atoms with E-state index in [1.807, 2.05) is 52.9 Å². The van der Waals surface area contributed by atoms with Gasteiger partial charge < -0.3 is 18.8 Å². The van der Waals surface area contributed by atoms with Gasteiger partial charge in [-0.3, -0.25) is 4.79 Å². The molecule has 35 heavy (non-hydrogen) atoms. The van der Waals surface area contributed by atoms with E-state index in [9.17, 15) is 4.79 Å². The van der Waals surface area contributed by atoms with Crippen molar-refractivity contribution in [3.8, 4) is 22.8 Å². The van der Waals surface area contributed by atoms with E-state index >= 15 is 0 Å². The van der Waals surface area contributed by atoms with E-state index in [2.05, 4.69) is 18.9 Å². The molecule has 1 saturated carbocycles. The predicted molar refractivity (Wildman–Crippen MR) is 131 cm³/mol. The maximum Gasteiger partial charge on any atom is 0.255 e. The Morgan fingerprint density at radius 1 is 1.09 bits per heavy atom. The van der Waals surface area contributed by atoms with E-state index in [-0.39, 0.29) is 24.0 Å². The summed E-state index contributed by atoms with van der Waals surface area (Å²) in [5, 5.41) is 5.33. The Balaban J connectivity index is 1.49. The summed E-state index contributed by atoms with van der Waals surface area (Å²) in [5.41, 5.74) is 2.84. The van der Waals surface area contributed by atoms with Crippen LogP contribution in [0.15, 0.2) is 53.3 Å². The smallest absolute Gasteiger partial charge is 0.255 e. The van der Waals surface area contributed by atoms with Crippen molar-refractivity contribution >= 4 is 16.9 Å². The lowest BCUT2D eigenvalue weighted by Gasteiger charge is -2.28. The molecule has 4 heterocycles. The van der Waals surface area contributed by atoms with Gasteiger partial charge >= 0.3 is 0 Å². The first kappa shape index (κ1) is 21.7. The average molecular weight is 473 g/mol. The normalized spacial score (nSPS) is 16.0. The molecule has 0 bridgehead atoms. The summed E-state index contributed by atoms with van der Waals surface area (Å²) in [4.78, 5) is 21.0. The third-order valence-corrected chi connectivity index (χ3v) is 6.67. The van der Waals surface area contributed by atoms with E-state index in [1.165, 1.54) is 0 Å². The van der Waals surface area contributed by atoms with Crippen molar-refractivity contribution in [2.45, 2.75) is 51.7 Å². The van der Waals surface area contributed by atoms with Crippen LogP contribution in [-0.4, -0.2) is 44.8 Å². The molecule has 1 amide bonds. The summed E-state index contributed by atoms with van der Waals surface area (Å²) in [5.74, 6) is 2.15. The topological polar surface area (TPSA) is 82.6 Å². The highest BCUT2D eigenvalue weighted by Crippen LogP contribution is 2.39. The van der Waals surface area contributed by atoms with Crippen LogP contribution in [0.25, 0.3) is 22.3 Å². The molecule has 8 nitrogen and oxygen atoms in total. The Bertz CT molecular complexity index is 1390. The van der Waals surface area contributed by atoms with Crippen molar-refractivity contribution in [2.75, 3.05) is 13.2 Å². The molecule has 1 aliphatic heterocycles. The number of amides is 1. The number of carbonyl (C=O) groups excluding carboxylic acids is 1. The molecule has 4 aromatic rings. The summed E-state index contributed by atoms with van der Waals surface area (Å²) in [7, 11) is 0. The molecule has 8 heteroatoms. The number of aromatic nitrogens is 3. The minimum absolute atomic E-state index is 0.0362. The van der Waals surface area contributed by atoms with Gasteiger partial charge in [-0.05, 0) is 70.0 Å². The molecule has 3 aromatic heterocycles. The number of benzene rings is 1. The number of ether oxygens (including phenoxy) is 2. The van der Waals surface area contributed by atoms with Crippen LogP contribution in [0.1, 0.15) is 61.8 Å². The standard InChI is InChI=1S/C27H28N4O4/c1-16(2)31-26-21(15-28-31)20(27(32)30(19-7-8-19)17(3)23-5-4-10-33-23)14-22(29-26)18-6-9-24-25(13-18)35-12-11-34-24/h4-6,9-10,13-17,19H,7-8,11-12H2,1-3H3. The number of pyridine rings is 1. The highest BCUT2D eigenvalue weighted by molar-refractivity contribution is 6.07. The molecule has 0 spiro atoms. The van der Waals surface area contributed by atoms with E-state index in [1.54, 1.807) is 12.5 Å². The molecule has 2 aliphatic rings. The van der Waals surface area contributed by atoms with Gasteiger partial charge in [0, 0.05) is 17.6 Å². The molecule has 1 aromatic carbocycles. The summed E-state index contributed by atoms with van der Waals surface area (Å²) in [6, 6.07) is 11.6. The van der Waals surface area contributed by atoms with Gasteiger partial charge in [0.1, 0.15) is 19.0 Å². The number of furan rings is 1. The second kappa shape index (κ2) is 8.45. The average Bonchev–Trinajstić information content (AvgIpc) is 3.36. The number of nitrogens with zero attached hydrogens (tertiary/aromatic N) is 4. The molecular weight excluding hydrogens is 444 g/mol. The summed E-state index contributed by atoms with van der Waals surface area (Å²) in [6.07, 6.45) is 5.39. The van der Waals surface area contributed by atoms with E-state index in [0.717, 1.165) is 35.3 Å². The summed E-state index contributed by atoms with van der Waals surface area (Å²) < 4.78 is 19.0. The van der Waals surface area contributed by atoms with Crippen molar-refractivity contribution < 1.29 is 18.7 Å². The number of fused-ring (bicyclic) bond motifs is 2. The monoisotopic (exact) mass is 472 g/mol. The van der Waals surface area contributed by atoms with E-state index < -0.39 is 0 Å². The van der Waals surface area contributed by atoms with Crippen molar-refractivity contribution in [2.24, 2.45) is 0 Å². The number of hydrogen-bond donors (Lipinski definition) is 0. The molecule has 0 radical (unpaired) electrons. The van der Waals surface area contributed by atoms with Gasteiger partial charge in [-0.1, -0.05) is 0 Å². The molecule has 0 saturated heterocycles. The zero-order valence-corrected chi connectivity index (χ0v) is 20.1. The van der Waals surface area contributed by atoms with Gasteiger partial charge in [0.15, 0.2) is 17.1 Å². The fourth-order valence-corrected chi connectivity index (χ4v) is 4.74. The molecule has 1 unspecified atom stereocenters. The minimum Gasteiger partial charge on any atom is -0.486 e. The van der Waals surface area contributed by atoms with Crippen LogP contribution in [0.4, 0.5) is 0 Å². The summed E-state index contributed by atoms with van der Waals surface area (Å²) in [6.45, 7) is 7.18. The lowest BCUT2D eigenvalue weighted by molar-refractivity contribution is 0.0654.